The van der Waals surface area contributed by atoms with E-state index in [4.69, 9.17) is 4.52 Å². The van der Waals surface area contributed by atoms with E-state index >= 15 is 0 Å². The average Bonchev–Trinajstić information content (AvgIpc) is 2.70. The summed E-state index contributed by atoms with van der Waals surface area (Å²) < 4.78 is 5.05. The van der Waals surface area contributed by atoms with Crippen LogP contribution >= 0.6 is 12.4 Å². The molecule has 0 bridgehead atoms. The zero-order chi connectivity index (χ0) is 9.10. The highest BCUT2D eigenvalue weighted by Crippen LogP contribution is 2.19. The molecular formula is C8H15ClN4O. The normalized spacial score (nSPS) is 20.8. The topological polar surface area (TPSA) is 63.0 Å². The molecule has 0 aromatic carbocycles. The van der Waals surface area contributed by atoms with E-state index in [1.807, 2.05) is 7.05 Å². The first-order valence-corrected chi connectivity index (χ1v) is 4.60. The number of nitrogens with one attached hydrogen (secondary N) is 2. The Morgan fingerprint density at radius 3 is 3.14 bits per heavy atom. The molecule has 2 N–H and O–H groups in total. The maximum atomic E-state index is 5.05. The van der Waals surface area contributed by atoms with Gasteiger partial charge in [-0.15, -0.1) is 12.4 Å². The zero-order valence-corrected chi connectivity index (χ0v) is 8.93. The molecule has 1 atom stereocenters. The lowest BCUT2D eigenvalue weighted by Crippen LogP contribution is -2.14. The second kappa shape index (κ2) is 5.29. The zero-order valence-electron chi connectivity index (χ0n) is 8.12. The Kier molecular flexibility index (Phi) is 4.31. The lowest BCUT2D eigenvalue weighted by atomic mass is 10.2. The van der Waals surface area contributed by atoms with E-state index in [2.05, 4.69) is 20.8 Å². The quantitative estimate of drug-likeness (QED) is 0.780. The summed E-state index contributed by atoms with van der Waals surface area (Å²) in [7, 11) is 1.86. The summed E-state index contributed by atoms with van der Waals surface area (Å²) >= 11 is 0. The van der Waals surface area contributed by atoms with Crippen LogP contribution in [0.5, 0.6) is 0 Å². The molecule has 1 aromatic rings. The van der Waals surface area contributed by atoms with Crippen LogP contribution in [-0.4, -0.2) is 23.7 Å². The van der Waals surface area contributed by atoms with Crippen LogP contribution in [0.15, 0.2) is 4.52 Å². The fourth-order valence-corrected chi connectivity index (χ4v) is 1.54. The standard InChI is InChI=1S/C8H14N4O.ClH/c1-9-5-7-11-8(12-13-7)6-3-2-4-10-6;/h6,9-10H,2-5H2,1H3;1H. The molecule has 80 valence electrons. The van der Waals surface area contributed by atoms with E-state index in [1.165, 1.54) is 6.42 Å². The Bertz CT molecular complexity index is 272. The second-order valence-electron chi connectivity index (χ2n) is 3.23. The van der Waals surface area contributed by atoms with Crippen molar-refractivity contribution >= 4 is 12.4 Å². The molecular weight excluding hydrogens is 204 g/mol. The van der Waals surface area contributed by atoms with Gasteiger partial charge in [-0.3, -0.25) is 0 Å². The van der Waals surface area contributed by atoms with Gasteiger partial charge in [0.15, 0.2) is 5.82 Å². The monoisotopic (exact) mass is 218 g/mol. The van der Waals surface area contributed by atoms with Crippen molar-refractivity contribution in [3.63, 3.8) is 0 Å². The van der Waals surface area contributed by atoms with E-state index < -0.39 is 0 Å². The van der Waals surface area contributed by atoms with Crippen LogP contribution in [-0.2, 0) is 6.54 Å². The van der Waals surface area contributed by atoms with Crippen LogP contribution in [0, 0.1) is 0 Å². The minimum absolute atomic E-state index is 0. The highest BCUT2D eigenvalue weighted by atomic mass is 35.5. The molecule has 0 aliphatic carbocycles. The lowest BCUT2D eigenvalue weighted by Gasteiger charge is -2.01. The first-order chi connectivity index (χ1) is 6.40. The molecule has 0 amide bonds. The van der Waals surface area contributed by atoms with Crippen molar-refractivity contribution in [2.45, 2.75) is 25.4 Å². The van der Waals surface area contributed by atoms with Gasteiger partial charge in [-0.25, -0.2) is 0 Å². The number of nitrogens with zero attached hydrogens (tertiary/aromatic N) is 2. The number of hydrogen-bond acceptors (Lipinski definition) is 5. The van der Waals surface area contributed by atoms with Crippen molar-refractivity contribution in [2.75, 3.05) is 13.6 Å². The molecule has 1 fully saturated rings. The van der Waals surface area contributed by atoms with Crippen LogP contribution < -0.4 is 10.6 Å². The van der Waals surface area contributed by atoms with Gasteiger partial charge in [0.2, 0.25) is 5.89 Å². The van der Waals surface area contributed by atoms with Crippen LogP contribution in [0.2, 0.25) is 0 Å². The summed E-state index contributed by atoms with van der Waals surface area (Å²) in [6.07, 6.45) is 2.30. The first kappa shape index (κ1) is 11.4. The van der Waals surface area contributed by atoms with Gasteiger partial charge < -0.3 is 15.2 Å². The summed E-state index contributed by atoms with van der Waals surface area (Å²) in [6.45, 7) is 1.69. The van der Waals surface area contributed by atoms with Gasteiger partial charge in [0.25, 0.3) is 0 Å². The Hall–Kier alpha value is -0.650. The Morgan fingerprint density at radius 2 is 2.50 bits per heavy atom. The first-order valence-electron chi connectivity index (χ1n) is 4.60. The third kappa shape index (κ3) is 2.43. The van der Waals surface area contributed by atoms with Crippen LogP contribution in [0.1, 0.15) is 30.6 Å². The number of halogens is 1. The third-order valence-corrected chi connectivity index (χ3v) is 2.18. The minimum Gasteiger partial charge on any atom is -0.338 e. The van der Waals surface area contributed by atoms with Crippen molar-refractivity contribution in [3.8, 4) is 0 Å². The maximum Gasteiger partial charge on any atom is 0.240 e. The minimum atomic E-state index is 0. The fraction of sp³-hybridized carbons (Fsp3) is 0.750. The van der Waals surface area contributed by atoms with Crippen molar-refractivity contribution in [1.82, 2.24) is 20.8 Å². The van der Waals surface area contributed by atoms with Gasteiger partial charge in [0, 0.05) is 0 Å². The molecule has 1 aromatic heterocycles. The number of aromatic nitrogens is 2. The molecule has 1 unspecified atom stereocenters. The van der Waals surface area contributed by atoms with Gasteiger partial charge in [0.1, 0.15) is 0 Å². The third-order valence-electron chi connectivity index (χ3n) is 2.18. The molecule has 1 saturated heterocycles. The molecule has 2 rings (SSSR count). The summed E-state index contributed by atoms with van der Waals surface area (Å²) in [5.41, 5.74) is 0. The van der Waals surface area contributed by atoms with E-state index in [0.717, 1.165) is 18.8 Å². The summed E-state index contributed by atoms with van der Waals surface area (Å²) in [5, 5.41) is 10.2. The van der Waals surface area contributed by atoms with Crippen molar-refractivity contribution in [2.24, 2.45) is 0 Å². The molecule has 0 spiro atoms. The second-order valence-corrected chi connectivity index (χ2v) is 3.23. The Balaban J connectivity index is 0.000000980. The van der Waals surface area contributed by atoms with Crippen LogP contribution in [0.3, 0.4) is 0 Å². The molecule has 5 nitrogen and oxygen atoms in total. The van der Waals surface area contributed by atoms with Gasteiger partial charge >= 0.3 is 0 Å². The highest BCUT2D eigenvalue weighted by molar-refractivity contribution is 5.85. The molecule has 1 aliphatic heterocycles. The Morgan fingerprint density at radius 1 is 1.64 bits per heavy atom. The van der Waals surface area contributed by atoms with Gasteiger partial charge in [-0.1, -0.05) is 5.16 Å². The lowest BCUT2D eigenvalue weighted by molar-refractivity contribution is 0.362. The predicted molar refractivity (Wildman–Crippen MR) is 54.3 cm³/mol. The fourth-order valence-electron chi connectivity index (χ4n) is 1.54. The Labute approximate surface area is 89.1 Å². The SMILES string of the molecule is CNCc1nc(C2CCCN2)no1.Cl. The van der Waals surface area contributed by atoms with Crippen molar-refractivity contribution < 1.29 is 4.52 Å². The van der Waals surface area contributed by atoms with E-state index in [1.54, 1.807) is 0 Å². The average molecular weight is 219 g/mol. The van der Waals surface area contributed by atoms with E-state index in [9.17, 15) is 0 Å². The van der Waals surface area contributed by atoms with Crippen molar-refractivity contribution in [3.05, 3.63) is 11.7 Å². The number of rotatable bonds is 3. The smallest absolute Gasteiger partial charge is 0.240 e. The van der Waals surface area contributed by atoms with Crippen molar-refractivity contribution in [1.29, 1.82) is 0 Å². The van der Waals surface area contributed by atoms with Crippen LogP contribution in [0.25, 0.3) is 0 Å². The summed E-state index contributed by atoms with van der Waals surface area (Å²) in [5.74, 6) is 1.45. The maximum absolute atomic E-state index is 5.05. The molecule has 14 heavy (non-hydrogen) atoms. The highest BCUT2D eigenvalue weighted by Gasteiger charge is 2.21. The van der Waals surface area contributed by atoms with Gasteiger partial charge in [0.05, 0.1) is 12.6 Å². The van der Waals surface area contributed by atoms with E-state index in [-0.39, 0.29) is 12.4 Å². The number of hydrogen-bond donors (Lipinski definition) is 2. The van der Waals surface area contributed by atoms with Gasteiger partial charge in [-0.2, -0.15) is 4.98 Å². The predicted octanol–water partition coefficient (Wildman–Crippen LogP) is 0.635. The van der Waals surface area contributed by atoms with E-state index in [0.29, 0.717) is 18.5 Å². The summed E-state index contributed by atoms with van der Waals surface area (Å²) in [6, 6.07) is 0.300. The molecule has 2 heterocycles. The molecule has 0 saturated carbocycles. The molecule has 6 heteroatoms. The molecule has 0 radical (unpaired) electrons. The summed E-state index contributed by atoms with van der Waals surface area (Å²) in [4.78, 5) is 4.28. The molecule has 1 aliphatic rings. The van der Waals surface area contributed by atoms with Crippen LogP contribution in [0.4, 0.5) is 0 Å². The largest absolute Gasteiger partial charge is 0.338 e. The van der Waals surface area contributed by atoms with Gasteiger partial charge in [-0.05, 0) is 26.4 Å².